The van der Waals surface area contributed by atoms with E-state index in [-0.39, 0.29) is 23.7 Å². The van der Waals surface area contributed by atoms with E-state index in [9.17, 15) is 22.7 Å². The lowest BCUT2D eigenvalue weighted by atomic mass is 10.1. The Hall–Kier alpha value is -3.18. The number of methoxy groups -OCH3 is 1. The van der Waals surface area contributed by atoms with Gasteiger partial charge in [-0.3, -0.25) is 9.10 Å². The molecular weight excluding hydrogens is 415 g/mol. The van der Waals surface area contributed by atoms with Crippen molar-refractivity contribution in [2.24, 2.45) is 0 Å². The fourth-order valence-corrected chi connectivity index (χ4v) is 4.04. The molecule has 0 bridgehead atoms. The van der Waals surface area contributed by atoms with Gasteiger partial charge in [-0.25, -0.2) is 17.5 Å². The van der Waals surface area contributed by atoms with Gasteiger partial charge in [0.15, 0.2) is 0 Å². The van der Waals surface area contributed by atoms with E-state index in [4.69, 9.17) is 4.74 Å². The number of aliphatic hydroxyl groups excluding tert-OH is 1. The van der Waals surface area contributed by atoms with E-state index in [1.807, 2.05) is 0 Å². The highest BCUT2D eigenvalue weighted by Gasteiger charge is 2.25. The van der Waals surface area contributed by atoms with Crippen molar-refractivity contribution < 1.29 is 27.4 Å². The number of sulfonamides is 1. The minimum absolute atomic E-state index is 0.175. The van der Waals surface area contributed by atoms with Gasteiger partial charge < -0.3 is 15.2 Å². The number of carbonyl (C=O) groups excluding carboxylic acids is 1. The lowest BCUT2D eigenvalue weighted by Crippen LogP contribution is -2.32. The van der Waals surface area contributed by atoms with Crippen LogP contribution in [0, 0.1) is 5.82 Å². The summed E-state index contributed by atoms with van der Waals surface area (Å²) in [6.07, 6.45) is 1.01. The summed E-state index contributed by atoms with van der Waals surface area (Å²) < 4.78 is 45.5. The van der Waals surface area contributed by atoms with Gasteiger partial charge in [0.05, 0.1) is 43.4 Å². The number of hydrogen-bond acceptors (Lipinski definition) is 6. The lowest BCUT2D eigenvalue weighted by Gasteiger charge is -2.23. The molecule has 0 saturated carbocycles. The van der Waals surface area contributed by atoms with E-state index in [2.05, 4.69) is 10.4 Å². The van der Waals surface area contributed by atoms with Gasteiger partial charge >= 0.3 is 0 Å². The first kappa shape index (κ1) is 21.5. The van der Waals surface area contributed by atoms with Gasteiger partial charge in [0, 0.05) is 12.4 Å². The Balaban J connectivity index is 2.33. The van der Waals surface area contributed by atoms with Gasteiger partial charge in [-0.05, 0) is 36.4 Å². The molecule has 0 atom stereocenters. The van der Waals surface area contributed by atoms with Crippen molar-refractivity contribution in [3.05, 3.63) is 47.9 Å². The monoisotopic (exact) mass is 436 g/mol. The molecule has 2 N–H and O–H groups in total. The SMILES string of the molecule is CNC(=O)c1c2cc(OC)c(N(CCO)S(C)(=O)=O)cc2nn1-c1ccc(F)cc1. The summed E-state index contributed by atoms with van der Waals surface area (Å²) in [5, 5.41) is 16.7. The molecule has 0 aliphatic heterocycles. The molecule has 0 aliphatic rings. The maximum absolute atomic E-state index is 13.3. The molecule has 0 radical (unpaired) electrons. The second-order valence-corrected chi connectivity index (χ2v) is 8.32. The van der Waals surface area contributed by atoms with Crippen molar-refractivity contribution in [2.75, 3.05) is 37.9 Å². The van der Waals surface area contributed by atoms with Crippen molar-refractivity contribution in [3.63, 3.8) is 0 Å². The largest absolute Gasteiger partial charge is 0.495 e. The Kier molecular flexibility index (Phi) is 5.94. The topological polar surface area (TPSA) is 114 Å². The van der Waals surface area contributed by atoms with Gasteiger partial charge in [0.1, 0.15) is 17.3 Å². The second-order valence-electron chi connectivity index (χ2n) is 6.42. The van der Waals surface area contributed by atoms with Gasteiger partial charge in [-0.2, -0.15) is 5.10 Å². The van der Waals surface area contributed by atoms with Gasteiger partial charge in [0.2, 0.25) is 10.0 Å². The van der Waals surface area contributed by atoms with E-state index < -0.39 is 28.4 Å². The number of halogens is 1. The molecule has 0 unspecified atom stereocenters. The number of nitrogens with zero attached hydrogens (tertiary/aromatic N) is 3. The van der Waals surface area contributed by atoms with E-state index in [0.29, 0.717) is 16.6 Å². The summed E-state index contributed by atoms with van der Waals surface area (Å²) in [5.74, 6) is -0.689. The fraction of sp³-hybridized carbons (Fsp3) is 0.263. The minimum Gasteiger partial charge on any atom is -0.495 e. The highest BCUT2D eigenvalue weighted by Crippen LogP contribution is 2.36. The quantitative estimate of drug-likeness (QED) is 0.577. The Morgan fingerprint density at radius 2 is 1.97 bits per heavy atom. The highest BCUT2D eigenvalue weighted by atomic mass is 32.2. The molecular formula is C19H21FN4O5S. The van der Waals surface area contributed by atoms with Crippen LogP contribution in [0.25, 0.3) is 16.6 Å². The summed E-state index contributed by atoms with van der Waals surface area (Å²) in [4.78, 5) is 12.6. The maximum Gasteiger partial charge on any atom is 0.270 e. The van der Waals surface area contributed by atoms with Crippen molar-refractivity contribution in [2.45, 2.75) is 0 Å². The third-order valence-electron chi connectivity index (χ3n) is 4.46. The number of benzene rings is 2. The van der Waals surface area contributed by atoms with Crippen LogP contribution in [0.15, 0.2) is 36.4 Å². The Labute approximate surface area is 172 Å². The van der Waals surface area contributed by atoms with Crippen molar-refractivity contribution in [3.8, 4) is 11.4 Å². The van der Waals surface area contributed by atoms with Crippen LogP contribution in [0.3, 0.4) is 0 Å². The number of aliphatic hydroxyl groups is 1. The van der Waals surface area contributed by atoms with Gasteiger partial charge in [0.25, 0.3) is 5.91 Å². The zero-order valence-corrected chi connectivity index (χ0v) is 17.4. The number of anilines is 1. The molecule has 0 saturated heterocycles. The van der Waals surface area contributed by atoms with Crippen molar-refractivity contribution >= 4 is 32.5 Å². The summed E-state index contributed by atoms with van der Waals surface area (Å²) in [5.41, 5.74) is 1.12. The first-order valence-corrected chi connectivity index (χ1v) is 10.7. The van der Waals surface area contributed by atoms with Crippen molar-refractivity contribution in [1.29, 1.82) is 0 Å². The number of fused-ring (bicyclic) bond motifs is 1. The van der Waals surface area contributed by atoms with Crippen LogP contribution in [-0.4, -0.2) is 62.8 Å². The molecule has 2 aromatic carbocycles. The van der Waals surface area contributed by atoms with Crippen molar-refractivity contribution in [1.82, 2.24) is 15.1 Å². The van der Waals surface area contributed by atoms with Gasteiger partial charge in [-0.15, -0.1) is 0 Å². The summed E-state index contributed by atoms with van der Waals surface area (Å²) in [7, 11) is -0.889. The molecule has 1 aromatic heterocycles. The molecule has 1 amide bonds. The molecule has 3 aromatic rings. The first-order chi connectivity index (χ1) is 14.2. The van der Waals surface area contributed by atoms with Crippen LogP contribution in [0.1, 0.15) is 10.5 Å². The Bertz CT molecular complexity index is 1190. The van der Waals surface area contributed by atoms with Crippen LogP contribution in [0.2, 0.25) is 0 Å². The minimum atomic E-state index is -3.72. The number of hydrogen-bond donors (Lipinski definition) is 2. The van der Waals surface area contributed by atoms with Crippen LogP contribution in [0.5, 0.6) is 5.75 Å². The average Bonchev–Trinajstić information content (AvgIpc) is 3.08. The van der Waals surface area contributed by atoms with E-state index in [1.54, 1.807) is 0 Å². The number of rotatable bonds is 7. The fourth-order valence-electron chi connectivity index (χ4n) is 3.12. The van der Waals surface area contributed by atoms with Crippen LogP contribution in [0.4, 0.5) is 10.1 Å². The average molecular weight is 436 g/mol. The lowest BCUT2D eigenvalue weighted by molar-refractivity contribution is 0.0957. The van der Waals surface area contributed by atoms with E-state index in [1.165, 1.54) is 55.2 Å². The molecule has 9 nitrogen and oxygen atoms in total. The zero-order valence-electron chi connectivity index (χ0n) is 16.6. The smallest absolute Gasteiger partial charge is 0.270 e. The molecule has 0 aliphatic carbocycles. The second kappa shape index (κ2) is 8.28. The standard InChI is InChI=1S/C19H21FN4O5S/c1-21-19(26)18-14-10-17(29-2)16(23(8-9-25)30(3,27)28)11-15(14)22-24(18)13-6-4-12(20)5-7-13/h4-7,10-11,25H,8-9H2,1-3H3,(H,21,26). The predicted octanol–water partition coefficient (Wildman–Crippen LogP) is 1.29. The summed E-state index contributed by atoms with van der Waals surface area (Å²) in [6.45, 7) is -0.580. The summed E-state index contributed by atoms with van der Waals surface area (Å²) >= 11 is 0. The van der Waals surface area contributed by atoms with Crippen LogP contribution in [-0.2, 0) is 10.0 Å². The molecule has 3 rings (SSSR count). The number of carbonyl (C=O) groups is 1. The molecule has 0 spiro atoms. The third kappa shape index (κ3) is 3.94. The molecule has 11 heteroatoms. The Morgan fingerprint density at radius 3 is 2.50 bits per heavy atom. The molecule has 1 heterocycles. The zero-order chi connectivity index (χ0) is 22.1. The maximum atomic E-state index is 13.3. The molecule has 160 valence electrons. The number of amides is 1. The van der Waals surface area contributed by atoms with Crippen LogP contribution >= 0.6 is 0 Å². The number of nitrogens with one attached hydrogen (secondary N) is 1. The van der Waals surface area contributed by atoms with E-state index in [0.717, 1.165) is 10.6 Å². The summed E-state index contributed by atoms with van der Waals surface area (Å²) in [6, 6.07) is 8.41. The predicted molar refractivity (Wildman–Crippen MR) is 110 cm³/mol. The highest BCUT2D eigenvalue weighted by molar-refractivity contribution is 7.92. The van der Waals surface area contributed by atoms with Crippen LogP contribution < -0.4 is 14.4 Å². The molecule has 0 fully saturated rings. The number of ether oxygens (including phenoxy) is 1. The van der Waals surface area contributed by atoms with Gasteiger partial charge in [-0.1, -0.05) is 0 Å². The third-order valence-corrected chi connectivity index (χ3v) is 5.64. The Morgan fingerprint density at radius 1 is 1.30 bits per heavy atom. The normalized spacial score (nSPS) is 11.5. The molecule has 30 heavy (non-hydrogen) atoms. The number of aromatic nitrogens is 2. The first-order valence-electron chi connectivity index (χ1n) is 8.88. The van der Waals surface area contributed by atoms with E-state index >= 15 is 0 Å².